The maximum atomic E-state index is 12.9. The highest BCUT2D eigenvalue weighted by atomic mass is 35.5. The Bertz CT molecular complexity index is 804. The predicted molar refractivity (Wildman–Crippen MR) is 91.5 cm³/mol. The van der Waals surface area contributed by atoms with Crippen LogP contribution in [0.15, 0.2) is 54.7 Å². The van der Waals surface area contributed by atoms with Crippen molar-refractivity contribution in [2.24, 2.45) is 0 Å². The highest BCUT2D eigenvalue weighted by Crippen LogP contribution is 2.25. The van der Waals surface area contributed by atoms with E-state index >= 15 is 0 Å². The molecular formula is C16H11Cl2FN4. The lowest BCUT2D eigenvalue weighted by atomic mass is 10.3. The van der Waals surface area contributed by atoms with Gasteiger partial charge in [0.1, 0.15) is 11.6 Å². The third-order valence-corrected chi connectivity index (χ3v) is 3.33. The SMILES string of the molecule is Fc1ccc(Nc2nccc(Nc3cc(Cl)cc(Cl)c3)n2)cc1. The standard InChI is InChI=1S/C16H11Cl2FN4/c17-10-7-11(18)9-14(8-10)21-15-5-6-20-16(23-15)22-13-3-1-12(19)2-4-13/h1-9H,(H2,20,21,22,23). The first-order valence-corrected chi connectivity index (χ1v) is 7.43. The number of halogens is 3. The van der Waals surface area contributed by atoms with Crippen LogP contribution >= 0.6 is 23.2 Å². The largest absolute Gasteiger partial charge is 0.340 e. The maximum Gasteiger partial charge on any atom is 0.229 e. The number of rotatable bonds is 4. The summed E-state index contributed by atoms with van der Waals surface area (Å²) in [6.45, 7) is 0. The lowest BCUT2D eigenvalue weighted by molar-refractivity contribution is 0.628. The van der Waals surface area contributed by atoms with Crippen molar-refractivity contribution in [3.8, 4) is 0 Å². The molecule has 0 fully saturated rings. The van der Waals surface area contributed by atoms with Gasteiger partial charge in [-0.2, -0.15) is 4.98 Å². The van der Waals surface area contributed by atoms with Gasteiger partial charge in [0.05, 0.1) is 0 Å². The summed E-state index contributed by atoms with van der Waals surface area (Å²) in [6.07, 6.45) is 1.60. The Balaban J connectivity index is 1.78. The van der Waals surface area contributed by atoms with Gasteiger partial charge in [-0.25, -0.2) is 9.37 Å². The molecule has 7 heteroatoms. The van der Waals surface area contributed by atoms with Crippen LogP contribution in [0.5, 0.6) is 0 Å². The Labute approximate surface area is 142 Å². The Morgan fingerprint density at radius 1 is 0.826 bits per heavy atom. The number of nitrogens with one attached hydrogen (secondary N) is 2. The van der Waals surface area contributed by atoms with Gasteiger partial charge in [-0.15, -0.1) is 0 Å². The van der Waals surface area contributed by atoms with Crippen LogP contribution in [0.2, 0.25) is 10.0 Å². The van der Waals surface area contributed by atoms with Crippen molar-refractivity contribution in [1.82, 2.24) is 9.97 Å². The molecule has 23 heavy (non-hydrogen) atoms. The van der Waals surface area contributed by atoms with E-state index in [1.165, 1.54) is 12.1 Å². The van der Waals surface area contributed by atoms with Gasteiger partial charge in [-0.3, -0.25) is 0 Å². The molecule has 0 aliphatic rings. The number of benzene rings is 2. The van der Waals surface area contributed by atoms with Gasteiger partial charge in [0, 0.05) is 27.6 Å². The van der Waals surface area contributed by atoms with Crippen LogP contribution in [0.1, 0.15) is 0 Å². The fourth-order valence-corrected chi connectivity index (χ4v) is 2.45. The molecule has 0 radical (unpaired) electrons. The molecule has 2 N–H and O–H groups in total. The van der Waals surface area contributed by atoms with Crippen LogP contribution in [0.3, 0.4) is 0 Å². The lowest BCUT2D eigenvalue weighted by Crippen LogP contribution is -2.00. The Hall–Kier alpha value is -2.37. The van der Waals surface area contributed by atoms with E-state index in [0.29, 0.717) is 33.2 Å². The van der Waals surface area contributed by atoms with Gasteiger partial charge in [0.2, 0.25) is 5.95 Å². The van der Waals surface area contributed by atoms with E-state index in [0.717, 1.165) is 0 Å². The van der Waals surface area contributed by atoms with Crippen molar-refractivity contribution in [3.63, 3.8) is 0 Å². The molecule has 0 spiro atoms. The van der Waals surface area contributed by atoms with Gasteiger partial charge in [0.25, 0.3) is 0 Å². The minimum Gasteiger partial charge on any atom is -0.340 e. The van der Waals surface area contributed by atoms with Crippen molar-refractivity contribution in [3.05, 3.63) is 70.6 Å². The van der Waals surface area contributed by atoms with Crippen molar-refractivity contribution < 1.29 is 4.39 Å². The fourth-order valence-electron chi connectivity index (χ4n) is 1.92. The van der Waals surface area contributed by atoms with Crippen molar-refractivity contribution in [2.45, 2.75) is 0 Å². The van der Waals surface area contributed by atoms with E-state index in [1.807, 2.05) is 0 Å². The molecule has 0 aliphatic heterocycles. The molecule has 4 nitrogen and oxygen atoms in total. The third kappa shape index (κ3) is 4.31. The van der Waals surface area contributed by atoms with Crippen LogP contribution in [-0.4, -0.2) is 9.97 Å². The number of aromatic nitrogens is 2. The highest BCUT2D eigenvalue weighted by Gasteiger charge is 2.03. The molecular weight excluding hydrogens is 338 g/mol. The summed E-state index contributed by atoms with van der Waals surface area (Å²) in [7, 11) is 0. The number of anilines is 4. The van der Waals surface area contributed by atoms with E-state index in [9.17, 15) is 4.39 Å². The molecule has 0 aliphatic carbocycles. The number of hydrogen-bond donors (Lipinski definition) is 2. The first-order chi connectivity index (χ1) is 11.1. The van der Waals surface area contributed by atoms with E-state index in [2.05, 4.69) is 20.6 Å². The zero-order chi connectivity index (χ0) is 16.2. The number of hydrogen-bond acceptors (Lipinski definition) is 4. The van der Waals surface area contributed by atoms with Gasteiger partial charge in [0.15, 0.2) is 0 Å². The molecule has 3 rings (SSSR count). The second kappa shape index (κ2) is 6.81. The van der Waals surface area contributed by atoms with Crippen LogP contribution in [0.4, 0.5) is 27.5 Å². The molecule has 1 heterocycles. The molecule has 0 atom stereocenters. The van der Waals surface area contributed by atoms with Gasteiger partial charge < -0.3 is 10.6 Å². The summed E-state index contributed by atoms with van der Waals surface area (Å²) in [5, 5.41) is 7.15. The van der Waals surface area contributed by atoms with Crippen molar-refractivity contribution >= 4 is 46.3 Å². The molecule has 2 aromatic carbocycles. The van der Waals surface area contributed by atoms with E-state index in [4.69, 9.17) is 23.2 Å². The molecule has 1 aromatic heterocycles. The summed E-state index contributed by atoms with van der Waals surface area (Å²) in [4.78, 5) is 8.46. The normalized spacial score (nSPS) is 10.4. The van der Waals surface area contributed by atoms with Crippen molar-refractivity contribution in [1.29, 1.82) is 0 Å². The zero-order valence-corrected chi connectivity index (χ0v) is 13.2. The monoisotopic (exact) mass is 348 g/mol. The van der Waals surface area contributed by atoms with Crippen molar-refractivity contribution in [2.75, 3.05) is 10.6 Å². The summed E-state index contributed by atoms with van der Waals surface area (Å²) in [6, 6.07) is 12.8. The topological polar surface area (TPSA) is 49.8 Å². The molecule has 0 unspecified atom stereocenters. The molecule has 0 amide bonds. The molecule has 0 saturated carbocycles. The average Bonchev–Trinajstić information content (AvgIpc) is 2.49. The fraction of sp³-hybridized carbons (Fsp3) is 0. The molecule has 3 aromatic rings. The quantitative estimate of drug-likeness (QED) is 0.661. The van der Waals surface area contributed by atoms with Crippen LogP contribution in [0.25, 0.3) is 0 Å². The van der Waals surface area contributed by atoms with Gasteiger partial charge in [-0.05, 0) is 48.5 Å². The summed E-state index contributed by atoms with van der Waals surface area (Å²) in [5.41, 5.74) is 1.41. The summed E-state index contributed by atoms with van der Waals surface area (Å²) >= 11 is 11.9. The second-order valence-corrected chi connectivity index (χ2v) is 5.55. The second-order valence-electron chi connectivity index (χ2n) is 4.68. The molecule has 0 bridgehead atoms. The van der Waals surface area contributed by atoms with Crippen LogP contribution in [0, 0.1) is 5.82 Å². The van der Waals surface area contributed by atoms with E-state index in [-0.39, 0.29) is 5.82 Å². The van der Waals surface area contributed by atoms with E-state index in [1.54, 1.807) is 42.6 Å². The highest BCUT2D eigenvalue weighted by molar-refractivity contribution is 6.35. The van der Waals surface area contributed by atoms with Gasteiger partial charge >= 0.3 is 0 Å². The Morgan fingerprint density at radius 2 is 1.52 bits per heavy atom. The zero-order valence-electron chi connectivity index (χ0n) is 11.7. The maximum absolute atomic E-state index is 12.9. The molecule has 116 valence electrons. The lowest BCUT2D eigenvalue weighted by Gasteiger charge is -2.09. The van der Waals surface area contributed by atoms with E-state index < -0.39 is 0 Å². The summed E-state index contributed by atoms with van der Waals surface area (Å²) < 4.78 is 12.9. The Morgan fingerprint density at radius 3 is 2.22 bits per heavy atom. The minimum atomic E-state index is -0.301. The van der Waals surface area contributed by atoms with Crippen LogP contribution < -0.4 is 10.6 Å². The Kier molecular flexibility index (Phi) is 4.60. The summed E-state index contributed by atoms with van der Waals surface area (Å²) in [5.74, 6) is 0.655. The smallest absolute Gasteiger partial charge is 0.229 e. The molecule has 0 saturated heterocycles. The first-order valence-electron chi connectivity index (χ1n) is 6.67. The van der Waals surface area contributed by atoms with Crippen LogP contribution in [-0.2, 0) is 0 Å². The minimum absolute atomic E-state index is 0.301. The first kappa shape index (κ1) is 15.5. The third-order valence-electron chi connectivity index (χ3n) is 2.89. The van der Waals surface area contributed by atoms with Gasteiger partial charge in [-0.1, -0.05) is 23.2 Å². The number of nitrogens with zero attached hydrogens (tertiary/aromatic N) is 2. The predicted octanol–water partition coefficient (Wildman–Crippen LogP) is 5.41. The average molecular weight is 349 g/mol.